The highest BCUT2D eigenvalue weighted by Crippen LogP contribution is 2.51. The molecule has 0 radical (unpaired) electrons. The van der Waals surface area contributed by atoms with Gasteiger partial charge >= 0.3 is 0 Å². The Morgan fingerprint density at radius 2 is 2.03 bits per heavy atom. The second-order valence-electron chi connectivity index (χ2n) is 9.62. The van der Waals surface area contributed by atoms with Crippen LogP contribution in [0.3, 0.4) is 0 Å². The minimum Gasteiger partial charge on any atom is -0.507 e. The molecule has 176 valence electrons. The lowest BCUT2D eigenvalue weighted by Gasteiger charge is -2.39. The van der Waals surface area contributed by atoms with Crippen molar-refractivity contribution in [3.05, 3.63) is 29.0 Å². The Labute approximate surface area is 188 Å². The second kappa shape index (κ2) is 8.78. The second-order valence-corrected chi connectivity index (χ2v) is 9.62. The highest BCUT2D eigenvalue weighted by molar-refractivity contribution is 6.00. The zero-order valence-electron chi connectivity index (χ0n) is 19.2. The number of ether oxygens (including phenoxy) is 2. The van der Waals surface area contributed by atoms with E-state index in [1.54, 1.807) is 6.26 Å². The number of phenols is 1. The van der Waals surface area contributed by atoms with Gasteiger partial charge in [-0.3, -0.25) is 4.79 Å². The highest BCUT2D eigenvalue weighted by atomic mass is 16.7. The Balaban J connectivity index is 1.73. The molecule has 1 unspecified atom stereocenters. The number of aromatic hydroxyl groups is 1. The summed E-state index contributed by atoms with van der Waals surface area (Å²) in [6.07, 6.45) is 2.85. The number of hydrogen-bond acceptors (Lipinski definition) is 7. The SMILES string of the molecule is CCCC(c1coc2c(C=O)c(O)c(CC(C)C)cc12)[C@H]1C[C@@H](O)[C@@]2(O[C@@H]2CC)[C@H](O)O1. The highest BCUT2D eigenvalue weighted by Gasteiger charge is 2.68. The van der Waals surface area contributed by atoms with Crippen LogP contribution in [0.4, 0.5) is 0 Å². The average Bonchev–Trinajstić information content (AvgIpc) is 3.36. The lowest BCUT2D eigenvalue weighted by atomic mass is 9.80. The standard InChI is InChI=1S/C25H34O7/c1-5-7-15(19-10-20(27)25(24(29)31-19)21(6-2)32-25)18-12-30-23-16(18)9-14(8-13(3)4)22(28)17(23)11-26/h9,11-13,15,19-21,24,27-29H,5-8,10H2,1-4H3/t15?,19-,20-,21-,24-,25+/m1/s1. The van der Waals surface area contributed by atoms with Gasteiger partial charge in [-0.25, -0.2) is 0 Å². The van der Waals surface area contributed by atoms with Gasteiger partial charge in [-0.05, 0) is 36.8 Å². The number of rotatable bonds is 8. The molecule has 0 aliphatic carbocycles. The Kier molecular flexibility index (Phi) is 6.38. The van der Waals surface area contributed by atoms with Gasteiger partial charge in [0.1, 0.15) is 11.3 Å². The van der Waals surface area contributed by atoms with E-state index in [0.29, 0.717) is 42.6 Å². The number of aliphatic hydroxyl groups excluding tert-OH is 2. The average molecular weight is 447 g/mol. The van der Waals surface area contributed by atoms with Crippen LogP contribution in [-0.4, -0.2) is 51.8 Å². The molecule has 7 nitrogen and oxygen atoms in total. The number of carbonyl (C=O) groups excluding carboxylic acids is 1. The van der Waals surface area contributed by atoms with Gasteiger partial charge in [0.2, 0.25) is 0 Å². The Morgan fingerprint density at radius 1 is 1.28 bits per heavy atom. The molecule has 32 heavy (non-hydrogen) atoms. The number of phenolic OH excluding ortho intramolecular Hbond substituents is 1. The summed E-state index contributed by atoms with van der Waals surface area (Å²) in [5.74, 6) is 0.109. The smallest absolute Gasteiger partial charge is 0.189 e. The fourth-order valence-electron chi connectivity index (χ4n) is 5.39. The Morgan fingerprint density at radius 3 is 2.59 bits per heavy atom. The quantitative estimate of drug-likeness (QED) is 0.414. The number of carbonyl (C=O) groups is 1. The first-order chi connectivity index (χ1) is 15.3. The van der Waals surface area contributed by atoms with E-state index in [4.69, 9.17) is 13.9 Å². The number of hydrogen-bond donors (Lipinski definition) is 3. The maximum absolute atomic E-state index is 11.8. The van der Waals surface area contributed by atoms with Crippen molar-refractivity contribution in [2.75, 3.05) is 0 Å². The minimum atomic E-state index is -1.20. The first-order valence-electron chi connectivity index (χ1n) is 11.7. The maximum Gasteiger partial charge on any atom is 0.189 e. The normalized spacial score (nSPS) is 30.8. The molecule has 0 saturated carbocycles. The van der Waals surface area contributed by atoms with Crippen molar-refractivity contribution >= 4 is 17.3 Å². The van der Waals surface area contributed by atoms with E-state index < -0.39 is 24.1 Å². The first kappa shape index (κ1) is 23.2. The van der Waals surface area contributed by atoms with Gasteiger partial charge in [0.15, 0.2) is 18.2 Å². The summed E-state index contributed by atoms with van der Waals surface area (Å²) in [6.45, 7) is 8.13. The molecule has 1 aromatic carbocycles. The number of aliphatic hydroxyl groups is 2. The molecule has 0 bridgehead atoms. The van der Waals surface area contributed by atoms with Crippen LogP contribution in [0.25, 0.3) is 11.0 Å². The van der Waals surface area contributed by atoms with E-state index in [-0.39, 0.29) is 23.3 Å². The van der Waals surface area contributed by atoms with Crippen LogP contribution < -0.4 is 0 Å². The van der Waals surface area contributed by atoms with Gasteiger partial charge in [-0.1, -0.05) is 34.1 Å². The van der Waals surface area contributed by atoms with Crippen LogP contribution in [0.15, 0.2) is 16.7 Å². The Bertz CT molecular complexity index is 966. The van der Waals surface area contributed by atoms with Gasteiger partial charge in [0.05, 0.1) is 30.1 Å². The minimum absolute atomic E-state index is 0.0349. The van der Waals surface area contributed by atoms with Gasteiger partial charge in [-0.15, -0.1) is 0 Å². The summed E-state index contributed by atoms with van der Waals surface area (Å²) >= 11 is 0. The van der Waals surface area contributed by atoms with Gasteiger partial charge in [0.25, 0.3) is 0 Å². The van der Waals surface area contributed by atoms with E-state index in [1.165, 1.54) is 0 Å². The van der Waals surface area contributed by atoms with Crippen molar-refractivity contribution < 1.29 is 34.0 Å². The van der Waals surface area contributed by atoms with E-state index in [9.17, 15) is 20.1 Å². The number of epoxide rings is 1. The molecule has 0 amide bonds. The van der Waals surface area contributed by atoms with Crippen LogP contribution in [0, 0.1) is 5.92 Å². The molecule has 1 aromatic heterocycles. The van der Waals surface area contributed by atoms with Crippen molar-refractivity contribution in [1.29, 1.82) is 0 Å². The predicted molar refractivity (Wildman–Crippen MR) is 119 cm³/mol. The molecule has 3 heterocycles. The Hall–Kier alpha value is -1.93. The van der Waals surface area contributed by atoms with E-state index in [0.717, 1.165) is 23.8 Å². The predicted octanol–water partition coefficient (Wildman–Crippen LogP) is 4.05. The summed E-state index contributed by atoms with van der Waals surface area (Å²) in [7, 11) is 0. The number of aldehydes is 1. The van der Waals surface area contributed by atoms with Crippen molar-refractivity contribution in [2.24, 2.45) is 5.92 Å². The van der Waals surface area contributed by atoms with Gasteiger partial charge in [-0.2, -0.15) is 0 Å². The number of fused-ring (bicyclic) bond motifs is 1. The summed E-state index contributed by atoms with van der Waals surface area (Å²) < 4.78 is 17.5. The van der Waals surface area contributed by atoms with Gasteiger partial charge < -0.3 is 29.2 Å². The molecular weight excluding hydrogens is 412 g/mol. The third-order valence-electron chi connectivity index (χ3n) is 7.01. The summed E-state index contributed by atoms with van der Waals surface area (Å²) in [5.41, 5.74) is 1.04. The molecule has 3 N–H and O–H groups in total. The molecule has 6 atom stereocenters. The molecule has 2 fully saturated rings. The molecule has 2 aromatic rings. The van der Waals surface area contributed by atoms with Crippen LogP contribution >= 0.6 is 0 Å². The third kappa shape index (κ3) is 3.65. The van der Waals surface area contributed by atoms with Crippen molar-refractivity contribution in [3.8, 4) is 5.75 Å². The number of furan rings is 1. The molecular formula is C25H34O7. The first-order valence-corrected chi connectivity index (χ1v) is 11.7. The molecule has 7 heteroatoms. The lowest BCUT2D eigenvalue weighted by molar-refractivity contribution is -0.236. The van der Waals surface area contributed by atoms with Crippen molar-refractivity contribution in [1.82, 2.24) is 0 Å². The van der Waals surface area contributed by atoms with E-state index in [2.05, 4.69) is 20.8 Å². The monoisotopic (exact) mass is 446 g/mol. The fraction of sp³-hybridized carbons (Fsp3) is 0.640. The molecule has 2 aliphatic rings. The summed E-state index contributed by atoms with van der Waals surface area (Å²) in [5, 5.41) is 33.0. The van der Waals surface area contributed by atoms with Crippen LogP contribution in [0.5, 0.6) is 5.75 Å². The van der Waals surface area contributed by atoms with E-state index >= 15 is 0 Å². The largest absolute Gasteiger partial charge is 0.507 e. The lowest BCUT2D eigenvalue weighted by Crippen LogP contribution is -2.53. The fourth-order valence-corrected chi connectivity index (χ4v) is 5.39. The molecule has 1 spiro atoms. The topological polar surface area (TPSA) is 113 Å². The molecule has 2 aliphatic heterocycles. The van der Waals surface area contributed by atoms with Crippen molar-refractivity contribution in [2.45, 2.75) is 95.9 Å². The zero-order valence-corrected chi connectivity index (χ0v) is 19.2. The van der Waals surface area contributed by atoms with Crippen molar-refractivity contribution in [3.63, 3.8) is 0 Å². The van der Waals surface area contributed by atoms with Crippen LogP contribution in [-0.2, 0) is 15.9 Å². The number of benzene rings is 1. The zero-order chi connectivity index (χ0) is 23.2. The summed E-state index contributed by atoms with van der Waals surface area (Å²) in [4.78, 5) is 11.8. The third-order valence-corrected chi connectivity index (χ3v) is 7.01. The van der Waals surface area contributed by atoms with E-state index in [1.807, 2.05) is 13.0 Å². The molecule has 4 rings (SSSR count). The summed E-state index contributed by atoms with van der Waals surface area (Å²) in [6, 6.07) is 1.90. The van der Waals surface area contributed by atoms with Crippen LogP contribution in [0.2, 0.25) is 0 Å². The van der Waals surface area contributed by atoms with Gasteiger partial charge in [0, 0.05) is 23.3 Å². The van der Waals surface area contributed by atoms with Crippen LogP contribution in [0.1, 0.15) is 80.8 Å². The molecule has 2 saturated heterocycles. The maximum atomic E-state index is 11.8.